The molecule has 0 unspecified atom stereocenters. The van der Waals surface area contributed by atoms with Gasteiger partial charge in [-0.2, -0.15) is 0 Å². The lowest BCUT2D eigenvalue weighted by atomic mass is 10.2. The van der Waals surface area contributed by atoms with E-state index in [4.69, 9.17) is 14.2 Å². The maximum Gasteiger partial charge on any atom is 0.163 e. The molecule has 120 valence electrons. The molecule has 1 heterocycles. The lowest BCUT2D eigenvalue weighted by molar-refractivity contribution is 0.0357. The van der Waals surface area contributed by atoms with Crippen LogP contribution in [0.1, 0.15) is 16.8 Å². The van der Waals surface area contributed by atoms with Crippen LogP contribution in [0.4, 0.5) is 5.69 Å². The molecule has 0 aliphatic carbocycles. The number of carbonyl (C=O) groups excluding carboxylic acids is 1. The number of hydrogen-bond donors (Lipinski definition) is 0. The molecule has 1 saturated heterocycles. The van der Waals surface area contributed by atoms with Crippen molar-refractivity contribution in [1.82, 2.24) is 4.90 Å². The van der Waals surface area contributed by atoms with Crippen LogP contribution in [0.2, 0.25) is 0 Å². The fraction of sp³-hybridized carbons (Fsp3) is 0.533. The van der Waals surface area contributed by atoms with Gasteiger partial charge in [0.15, 0.2) is 17.8 Å². The number of benzene rings is 1. The molecule has 0 amide bonds. The van der Waals surface area contributed by atoms with Crippen molar-refractivity contribution in [2.24, 2.45) is 5.18 Å². The topological polar surface area (TPSA) is 77.4 Å². The first-order valence-electron chi connectivity index (χ1n) is 7.22. The number of aldehydes is 1. The van der Waals surface area contributed by atoms with Crippen molar-refractivity contribution in [1.29, 1.82) is 0 Å². The molecule has 7 nitrogen and oxygen atoms in total. The Morgan fingerprint density at radius 3 is 2.73 bits per heavy atom. The summed E-state index contributed by atoms with van der Waals surface area (Å²) in [6, 6.07) is 2.89. The van der Waals surface area contributed by atoms with Gasteiger partial charge in [0.2, 0.25) is 0 Å². The average molecular weight is 308 g/mol. The minimum Gasteiger partial charge on any atom is -0.493 e. The van der Waals surface area contributed by atoms with Gasteiger partial charge in [0.25, 0.3) is 0 Å². The smallest absolute Gasteiger partial charge is 0.163 e. The van der Waals surface area contributed by atoms with E-state index >= 15 is 0 Å². The van der Waals surface area contributed by atoms with Gasteiger partial charge >= 0.3 is 0 Å². The van der Waals surface area contributed by atoms with Gasteiger partial charge in [-0.25, -0.2) is 0 Å². The molecule has 7 heteroatoms. The quantitative estimate of drug-likeness (QED) is 0.415. The number of carbonyl (C=O) groups is 1. The molecule has 1 fully saturated rings. The summed E-state index contributed by atoms with van der Waals surface area (Å²) >= 11 is 0. The highest BCUT2D eigenvalue weighted by molar-refractivity contribution is 5.84. The molecule has 0 bridgehead atoms. The van der Waals surface area contributed by atoms with Crippen molar-refractivity contribution in [3.05, 3.63) is 22.6 Å². The first-order chi connectivity index (χ1) is 10.8. The summed E-state index contributed by atoms with van der Waals surface area (Å²) in [6.07, 6.45) is 1.43. The highest BCUT2D eigenvalue weighted by Gasteiger charge is 2.13. The Hall–Kier alpha value is -1.99. The lowest BCUT2D eigenvalue weighted by Crippen LogP contribution is -2.37. The van der Waals surface area contributed by atoms with Crippen molar-refractivity contribution < 1.29 is 19.0 Å². The van der Waals surface area contributed by atoms with Crippen LogP contribution < -0.4 is 9.47 Å². The number of methoxy groups -OCH3 is 1. The van der Waals surface area contributed by atoms with Crippen LogP contribution in [0.25, 0.3) is 0 Å². The van der Waals surface area contributed by atoms with E-state index in [1.54, 1.807) is 0 Å². The number of morpholine rings is 1. The van der Waals surface area contributed by atoms with Gasteiger partial charge in [0.05, 0.1) is 26.9 Å². The molecular formula is C15H20N2O5. The van der Waals surface area contributed by atoms with Crippen LogP contribution in [0.3, 0.4) is 0 Å². The second-order valence-electron chi connectivity index (χ2n) is 4.93. The Labute approximate surface area is 129 Å². The molecule has 0 N–H and O–H groups in total. The molecule has 2 rings (SSSR count). The minimum atomic E-state index is 0.0486. The Morgan fingerprint density at radius 1 is 1.32 bits per heavy atom. The van der Waals surface area contributed by atoms with Gasteiger partial charge in [0.1, 0.15) is 5.69 Å². The van der Waals surface area contributed by atoms with Crippen LogP contribution >= 0.6 is 0 Å². The largest absolute Gasteiger partial charge is 0.493 e. The second-order valence-corrected chi connectivity index (χ2v) is 4.93. The molecule has 0 radical (unpaired) electrons. The van der Waals surface area contributed by atoms with Crippen molar-refractivity contribution in [2.45, 2.75) is 6.42 Å². The SMILES string of the molecule is COc1cc(N=O)c(C=O)cc1OCCCN1CCOCC1. The minimum absolute atomic E-state index is 0.0486. The first-order valence-corrected chi connectivity index (χ1v) is 7.22. The molecule has 1 aromatic rings. The molecule has 0 aromatic heterocycles. The monoisotopic (exact) mass is 308 g/mol. The van der Waals surface area contributed by atoms with Gasteiger partial charge in [0, 0.05) is 31.3 Å². The van der Waals surface area contributed by atoms with Crippen molar-refractivity contribution in [2.75, 3.05) is 46.6 Å². The Bertz CT molecular complexity index is 515. The zero-order valence-electron chi connectivity index (χ0n) is 12.6. The lowest BCUT2D eigenvalue weighted by Gasteiger charge is -2.26. The predicted octanol–water partition coefficient (Wildman–Crippen LogP) is 2.01. The molecule has 1 aliphatic heterocycles. The van der Waals surface area contributed by atoms with E-state index < -0.39 is 0 Å². The molecule has 1 aromatic carbocycles. The number of nitrogens with zero attached hydrogens (tertiary/aromatic N) is 2. The van der Waals surface area contributed by atoms with Crippen molar-refractivity contribution in [3.63, 3.8) is 0 Å². The molecule has 0 saturated carbocycles. The highest BCUT2D eigenvalue weighted by Crippen LogP contribution is 2.34. The van der Waals surface area contributed by atoms with Crippen molar-refractivity contribution >= 4 is 12.0 Å². The van der Waals surface area contributed by atoms with Crippen LogP contribution in [-0.2, 0) is 4.74 Å². The summed E-state index contributed by atoms with van der Waals surface area (Å²) in [7, 11) is 1.48. The summed E-state index contributed by atoms with van der Waals surface area (Å²) in [5.41, 5.74) is 0.242. The maximum atomic E-state index is 11.0. The summed E-state index contributed by atoms with van der Waals surface area (Å²) < 4.78 is 16.1. The molecule has 0 spiro atoms. The van der Waals surface area contributed by atoms with E-state index in [0.717, 1.165) is 39.3 Å². The van der Waals surface area contributed by atoms with Gasteiger partial charge in [-0.1, -0.05) is 0 Å². The van der Waals surface area contributed by atoms with Crippen LogP contribution in [0.15, 0.2) is 17.3 Å². The highest BCUT2D eigenvalue weighted by atomic mass is 16.5. The Kier molecular flexibility index (Phi) is 6.29. The van der Waals surface area contributed by atoms with E-state index in [1.165, 1.54) is 19.2 Å². The number of hydrogen-bond acceptors (Lipinski definition) is 7. The van der Waals surface area contributed by atoms with Gasteiger partial charge in [-0.05, 0) is 17.7 Å². The third-order valence-corrected chi connectivity index (χ3v) is 3.52. The zero-order valence-corrected chi connectivity index (χ0v) is 12.6. The third-order valence-electron chi connectivity index (χ3n) is 3.52. The van der Waals surface area contributed by atoms with E-state index in [2.05, 4.69) is 10.1 Å². The van der Waals surface area contributed by atoms with E-state index in [1.807, 2.05) is 0 Å². The number of nitroso groups, excluding NO2 is 1. The second kappa shape index (κ2) is 8.45. The van der Waals surface area contributed by atoms with Crippen LogP contribution in [0, 0.1) is 4.91 Å². The summed E-state index contributed by atoms with van der Waals surface area (Å²) in [4.78, 5) is 24.0. The normalized spacial score (nSPS) is 15.3. The summed E-state index contributed by atoms with van der Waals surface area (Å²) in [5, 5.41) is 2.81. The zero-order chi connectivity index (χ0) is 15.8. The van der Waals surface area contributed by atoms with Crippen molar-refractivity contribution in [3.8, 4) is 11.5 Å². The third kappa shape index (κ3) is 4.25. The number of ether oxygens (including phenoxy) is 3. The first kappa shape index (κ1) is 16.4. The molecule has 0 atom stereocenters. The summed E-state index contributed by atoms with van der Waals surface area (Å²) in [5.74, 6) is 0.838. The molecule has 1 aliphatic rings. The van der Waals surface area contributed by atoms with Crippen LogP contribution in [-0.4, -0.2) is 57.8 Å². The number of rotatable bonds is 8. The van der Waals surface area contributed by atoms with Gasteiger partial charge in [-0.3, -0.25) is 9.69 Å². The standard InChI is InChI=1S/C15H20N2O5/c1-20-14-10-13(16-19)12(11-18)9-15(14)22-6-2-3-17-4-7-21-8-5-17/h9-11H,2-8H2,1H3. The average Bonchev–Trinajstić information content (AvgIpc) is 2.58. The maximum absolute atomic E-state index is 11.0. The fourth-order valence-electron chi connectivity index (χ4n) is 2.31. The molecular weight excluding hydrogens is 288 g/mol. The van der Waals surface area contributed by atoms with E-state index in [-0.39, 0.29) is 11.3 Å². The fourth-order valence-corrected chi connectivity index (χ4v) is 2.31. The summed E-state index contributed by atoms with van der Waals surface area (Å²) in [6.45, 7) is 4.87. The van der Waals surface area contributed by atoms with Crippen LogP contribution in [0.5, 0.6) is 11.5 Å². The van der Waals surface area contributed by atoms with E-state index in [0.29, 0.717) is 24.4 Å². The van der Waals surface area contributed by atoms with Gasteiger partial charge < -0.3 is 14.2 Å². The van der Waals surface area contributed by atoms with E-state index in [9.17, 15) is 9.70 Å². The predicted molar refractivity (Wildman–Crippen MR) is 81.2 cm³/mol. The Balaban J connectivity index is 1.90. The Morgan fingerprint density at radius 2 is 2.09 bits per heavy atom. The van der Waals surface area contributed by atoms with Gasteiger partial charge in [-0.15, -0.1) is 4.91 Å². The molecule has 22 heavy (non-hydrogen) atoms.